The number of hydrogen-bond acceptors (Lipinski definition) is 5. The Balaban J connectivity index is 0.000000242. The monoisotopic (exact) mass is 372 g/mol. The molecule has 2 aliphatic heterocycles. The lowest BCUT2D eigenvalue weighted by atomic mass is 9.79. The lowest BCUT2D eigenvalue weighted by molar-refractivity contribution is -0.192. The van der Waals surface area contributed by atoms with Crippen LogP contribution in [0.25, 0.3) is 0 Å². The maximum atomic E-state index is 10.6. The molecule has 6 nitrogen and oxygen atoms in total. The molecule has 0 unspecified atom stereocenters. The second kappa shape index (κ2) is 7.02. The summed E-state index contributed by atoms with van der Waals surface area (Å²) in [6, 6.07) is 0. The molecule has 144 valence electrons. The van der Waals surface area contributed by atoms with Crippen LogP contribution < -0.4 is 4.90 Å². The van der Waals surface area contributed by atoms with Crippen LogP contribution in [0.4, 0.5) is 19.1 Å². The molecule has 1 N–H and O–H groups in total. The van der Waals surface area contributed by atoms with E-state index in [1.165, 1.54) is 38.9 Å². The number of aliphatic carboxylic acids is 1. The van der Waals surface area contributed by atoms with E-state index in [0.29, 0.717) is 5.41 Å². The summed E-state index contributed by atoms with van der Waals surface area (Å²) in [6.07, 6.45) is 3.05. The highest BCUT2D eigenvalue weighted by Crippen LogP contribution is 2.42. The third-order valence-corrected chi connectivity index (χ3v) is 5.08. The van der Waals surface area contributed by atoms with Gasteiger partial charge in [0.15, 0.2) is 0 Å². The number of aryl methyl sites for hydroxylation is 1. The van der Waals surface area contributed by atoms with Crippen LogP contribution >= 0.6 is 0 Å². The summed E-state index contributed by atoms with van der Waals surface area (Å²) < 4.78 is 31.7. The molecule has 3 heterocycles. The van der Waals surface area contributed by atoms with Crippen LogP contribution in [0.15, 0.2) is 12.4 Å². The second-order valence-corrected chi connectivity index (χ2v) is 7.65. The molecule has 9 heteroatoms. The van der Waals surface area contributed by atoms with Gasteiger partial charge in [0.2, 0.25) is 5.95 Å². The van der Waals surface area contributed by atoms with Crippen LogP contribution in [0, 0.1) is 18.3 Å². The Hall–Kier alpha value is -1.90. The molecule has 3 fully saturated rings. The van der Waals surface area contributed by atoms with E-state index in [1.807, 2.05) is 19.3 Å². The highest BCUT2D eigenvalue weighted by Gasteiger charge is 2.48. The van der Waals surface area contributed by atoms with Crippen molar-refractivity contribution in [1.82, 2.24) is 14.9 Å². The van der Waals surface area contributed by atoms with Gasteiger partial charge in [0, 0.05) is 44.0 Å². The predicted molar refractivity (Wildman–Crippen MR) is 88.9 cm³/mol. The Morgan fingerprint density at radius 3 is 2.35 bits per heavy atom. The van der Waals surface area contributed by atoms with Crippen molar-refractivity contribution < 1.29 is 23.1 Å². The van der Waals surface area contributed by atoms with Crippen molar-refractivity contribution in [3.63, 3.8) is 0 Å². The number of likely N-dealkylation sites (tertiary alicyclic amines) is 1. The topological polar surface area (TPSA) is 69.6 Å². The van der Waals surface area contributed by atoms with Gasteiger partial charge in [-0.15, -0.1) is 0 Å². The fraction of sp³-hybridized carbons (Fsp3) is 0.706. The van der Waals surface area contributed by atoms with Crippen molar-refractivity contribution in [3.8, 4) is 0 Å². The van der Waals surface area contributed by atoms with Crippen molar-refractivity contribution in [2.45, 2.75) is 32.4 Å². The summed E-state index contributed by atoms with van der Waals surface area (Å²) in [5, 5.41) is 7.12. The molecule has 26 heavy (non-hydrogen) atoms. The van der Waals surface area contributed by atoms with Gasteiger partial charge in [-0.1, -0.05) is 0 Å². The molecule has 0 atom stereocenters. The van der Waals surface area contributed by atoms with Gasteiger partial charge in [-0.25, -0.2) is 14.8 Å². The van der Waals surface area contributed by atoms with E-state index >= 15 is 0 Å². The number of carboxylic acid groups (broad SMARTS) is 1. The Bertz CT molecular complexity index is 640. The number of alkyl halides is 3. The summed E-state index contributed by atoms with van der Waals surface area (Å²) in [5.74, 6) is -0.823. The maximum absolute atomic E-state index is 10.6. The van der Waals surface area contributed by atoms with Gasteiger partial charge in [0.05, 0.1) is 0 Å². The molecule has 1 aromatic rings. The largest absolute Gasteiger partial charge is 0.490 e. The third kappa shape index (κ3) is 4.63. The minimum absolute atomic E-state index is 0.545. The normalized spacial score (nSPS) is 21.9. The lowest BCUT2D eigenvalue weighted by Gasteiger charge is -2.48. The summed E-state index contributed by atoms with van der Waals surface area (Å²) in [6.45, 7) is 8.29. The first-order valence-electron chi connectivity index (χ1n) is 8.73. The minimum atomic E-state index is -5.08. The molecular formula is C17H23F3N4O2. The summed E-state index contributed by atoms with van der Waals surface area (Å²) in [7, 11) is 0. The Kier molecular flexibility index (Phi) is 5.09. The van der Waals surface area contributed by atoms with Crippen molar-refractivity contribution >= 4 is 11.9 Å². The van der Waals surface area contributed by atoms with Crippen molar-refractivity contribution in [3.05, 3.63) is 18.0 Å². The van der Waals surface area contributed by atoms with Gasteiger partial charge < -0.3 is 14.9 Å². The van der Waals surface area contributed by atoms with Gasteiger partial charge in [0.25, 0.3) is 0 Å². The van der Waals surface area contributed by atoms with E-state index in [1.54, 1.807) is 0 Å². The molecule has 0 bridgehead atoms. The van der Waals surface area contributed by atoms with E-state index in [4.69, 9.17) is 9.90 Å². The van der Waals surface area contributed by atoms with Crippen LogP contribution in [0.3, 0.4) is 0 Å². The molecule has 0 radical (unpaired) electrons. The van der Waals surface area contributed by atoms with Gasteiger partial charge >= 0.3 is 12.1 Å². The lowest BCUT2D eigenvalue weighted by Crippen LogP contribution is -2.58. The zero-order chi connectivity index (χ0) is 18.9. The number of carboxylic acids is 1. The predicted octanol–water partition coefficient (Wildman–Crippen LogP) is 2.34. The number of hydrogen-bond donors (Lipinski definition) is 1. The van der Waals surface area contributed by atoms with Gasteiger partial charge in [-0.3, -0.25) is 0 Å². The zero-order valence-corrected chi connectivity index (χ0v) is 14.7. The average molecular weight is 372 g/mol. The summed E-state index contributed by atoms with van der Waals surface area (Å²) in [5.41, 5.74) is 1.68. The van der Waals surface area contributed by atoms with E-state index in [2.05, 4.69) is 19.8 Å². The molecule has 1 saturated carbocycles. The summed E-state index contributed by atoms with van der Waals surface area (Å²) >= 11 is 0. The molecule has 1 spiro atoms. The molecule has 3 aliphatic rings. The molecule has 1 aromatic heterocycles. The highest BCUT2D eigenvalue weighted by molar-refractivity contribution is 5.73. The fourth-order valence-electron chi connectivity index (χ4n) is 3.56. The Morgan fingerprint density at radius 2 is 1.85 bits per heavy atom. The molecule has 0 aromatic carbocycles. The molecule has 0 amide bonds. The van der Waals surface area contributed by atoms with Gasteiger partial charge in [0.1, 0.15) is 0 Å². The van der Waals surface area contributed by atoms with Crippen LogP contribution in [-0.2, 0) is 4.79 Å². The third-order valence-electron chi connectivity index (χ3n) is 5.08. The van der Waals surface area contributed by atoms with E-state index in [9.17, 15) is 13.2 Å². The minimum Gasteiger partial charge on any atom is -0.475 e. The fourth-order valence-corrected chi connectivity index (χ4v) is 3.56. The smallest absolute Gasteiger partial charge is 0.475 e. The first kappa shape index (κ1) is 18.9. The number of carbonyl (C=O) groups is 1. The highest BCUT2D eigenvalue weighted by atomic mass is 19.4. The number of rotatable bonds is 3. The second-order valence-electron chi connectivity index (χ2n) is 7.65. The van der Waals surface area contributed by atoms with Gasteiger partial charge in [-0.2, -0.15) is 13.2 Å². The Labute approximate surface area is 150 Å². The SMILES string of the molecule is Cc1cnc(N2CC3(CCN(CC4CC4)C3)C2)nc1.O=C(O)C(F)(F)F. The van der Waals surface area contributed by atoms with Gasteiger partial charge in [-0.05, 0) is 44.2 Å². The quantitative estimate of drug-likeness (QED) is 0.878. The average Bonchev–Trinajstić information content (AvgIpc) is 3.23. The van der Waals surface area contributed by atoms with E-state index in [-0.39, 0.29) is 0 Å². The van der Waals surface area contributed by atoms with Crippen molar-refractivity contribution in [2.75, 3.05) is 37.6 Å². The van der Waals surface area contributed by atoms with Crippen LogP contribution in [0.1, 0.15) is 24.8 Å². The van der Waals surface area contributed by atoms with Crippen molar-refractivity contribution in [2.24, 2.45) is 11.3 Å². The molecule has 2 saturated heterocycles. The number of anilines is 1. The zero-order valence-electron chi connectivity index (χ0n) is 14.7. The standard InChI is InChI=1S/C15H22N4.C2HF3O2/c1-12-6-16-14(17-7-12)19-10-15(11-19)4-5-18(9-15)8-13-2-3-13;3-2(4,5)1(6)7/h6-7,13H,2-5,8-11H2,1H3;(H,6,7). The molecule has 4 rings (SSSR count). The molecule has 1 aliphatic carbocycles. The van der Waals surface area contributed by atoms with Crippen LogP contribution in [0.5, 0.6) is 0 Å². The van der Waals surface area contributed by atoms with E-state index in [0.717, 1.165) is 30.5 Å². The summed E-state index contributed by atoms with van der Waals surface area (Å²) in [4.78, 5) is 22.8. The van der Waals surface area contributed by atoms with Crippen LogP contribution in [0.2, 0.25) is 0 Å². The number of aromatic nitrogens is 2. The maximum Gasteiger partial charge on any atom is 0.490 e. The molecular weight excluding hydrogens is 349 g/mol. The first-order valence-corrected chi connectivity index (χ1v) is 8.73. The number of nitrogens with zero attached hydrogens (tertiary/aromatic N) is 4. The van der Waals surface area contributed by atoms with Crippen molar-refractivity contribution in [1.29, 1.82) is 0 Å². The first-order chi connectivity index (χ1) is 12.2. The van der Waals surface area contributed by atoms with Crippen LogP contribution in [-0.4, -0.2) is 64.8 Å². The Morgan fingerprint density at radius 1 is 1.27 bits per heavy atom. The van der Waals surface area contributed by atoms with E-state index < -0.39 is 12.1 Å². The number of halogens is 3.